The van der Waals surface area contributed by atoms with Crippen molar-refractivity contribution in [3.63, 3.8) is 0 Å². The number of halogens is 1. The van der Waals surface area contributed by atoms with Gasteiger partial charge in [-0.15, -0.1) is 0 Å². The van der Waals surface area contributed by atoms with E-state index < -0.39 is 0 Å². The molecule has 30 heavy (non-hydrogen) atoms. The van der Waals surface area contributed by atoms with E-state index in [4.69, 9.17) is 9.47 Å². The molecule has 0 atom stereocenters. The first-order valence-corrected chi connectivity index (χ1v) is 9.98. The second-order valence-electron chi connectivity index (χ2n) is 7.66. The Labute approximate surface area is 172 Å². The van der Waals surface area contributed by atoms with Gasteiger partial charge in [0, 0.05) is 29.4 Å². The highest BCUT2D eigenvalue weighted by molar-refractivity contribution is 6.14. The third-order valence-electron chi connectivity index (χ3n) is 5.50. The number of Topliss-reactive ketones (excluding diaryl/α,β-unsaturated/α-hetero) is 1. The number of ether oxygens (including phenoxy) is 2. The van der Waals surface area contributed by atoms with Crippen LogP contribution in [0.5, 0.6) is 5.75 Å². The molecule has 0 unspecified atom stereocenters. The highest BCUT2D eigenvalue weighted by atomic mass is 19.1. The lowest BCUT2D eigenvalue weighted by atomic mass is 10.0. The summed E-state index contributed by atoms with van der Waals surface area (Å²) in [7, 11) is 1.62. The van der Waals surface area contributed by atoms with Gasteiger partial charge < -0.3 is 14.5 Å². The number of hydrogen-bond acceptors (Lipinski definition) is 4. The van der Waals surface area contributed by atoms with Crippen LogP contribution in [0, 0.1) is 11.7 Å². The Bertz CT molecular complexity index is 1240. The molecular weight excluding hydrogens is 383 g/mol. The van der Waals surface area contributed by atoms with Crippen molar-refractivity contribution >= 4 is 27.6 Å². The number of rotatable bonds is 7. The average Bonchev–Trinajstić information content (AvgIpc) is 3.53. The van der Waals surface area contributed by atoms with E-state index >= 15 is 0 Å². The first-order valence-electron chi connectivity index (χ1n) is 9.98. The fraction of sp³-hybridized carbons (Fsp3) is 0.250. The molecule has 1 aliphatic rings. The number of aromatic amines is 1. The summed E-state index contributed by atoms with van der Waals surface area (Å²) in [5.41, 5.74) is 3.88. The van der Waals surface area contributed by atoms with E-state index in [1.54, 1.807) is 25.4 Å². The average molecular weight is 404 g/mol. The number of fused-ring (bicyclic) bond motifs is 3. The van der Waals surface area contributed by atoms with E-state index in [-0.39, 0.29) is 24.1 Å². The summed E-state index contributed by atoms with van der Waals surface area (Å²) in [6, 6.07) is 12.0. The quantitative estimate of drug-likeness (QED) is 0.432. The van der Waals surface area contributed by atoms with Crippen LogP contribution in [-0.2, 0) is 18.0 Å². The standard InChI is InChI=1S/C24H21FN2O3/c1-29-13-17-21-19(11-26-23(17)24(28)15-7-8-15)27-18-3-2-4-20(22(18)21)30-12-14-5-9-16(25)10-6-14/h2-6,9-11,15,27H,7-8,12-13H2,1H3. The van der Waals surface area contributed by atoms with Crippen molar-refractivity contribution in [2.45, 2.75) is 26.1 Å². The Balaban J connectivity index is 1.63. The van der Waals surface area contributed by atoms with E-state index in [0.717, 1.165) is 45.8 Å². The number of nitrogens with zero attached hydrogens (tertiary/aromatic N) is 1. The minimum absolute atomic E-state index is 0.0740. The van der Waals surface area contributed by atoms with E-state index in [1.165, 1.54) is 12.1 Å². The molecule has 0 radical (unpaired) electrons. The van der Waals surface area contributed by atoms with Crippen LogP contribution >= 0.6 is 0 Å². The molecule has 2 aromatic heterocycles. The van der Waals surface area contributed by atoms with Gasteiger partial charge in [-0.2, -0.15) is 0 Å². The van der Waals surface area contributed by atoms with Crippen LogP contribution in [0.4, 0.5) is 4.39 Å². The van der Waals surface area contributed by atoms with Crippen molar-refractivity contribution in [2.24, 2.45) is 5.92 Å². The zero-order valence-corrected chi connectivity index (χ0v) is 16.6. The van der Waals surface area contributed by atoms with Crippen LogP contribution in [0.15, 0.2) is 48.7 Å². The lowest BCUT2D eigenvalue weighted by Gasteiger charge is -2.11. The largest absolute Gasteiger partial charge is 0.488 e. The van der Waals surface area contributed by atoms with Crippen molar-refractivity contribution in [1.82, 2.24) is 9.97 Å². The van der Waals surface area contributed by atoms with Crippen LogP contribution in [0.2, 0.25) is 0 Å². The molecule has 1 fully saturated rings. The lowest BCUT2D eigenvalue weighted by molar-refractivity contribution is 0.0958. The zero-order valence-electron chi connectivity index (χ0n) is 16.6. The minimum Gasteiger partial charge on any atom is -0.488 e. The maximum atomic E-state index is 13.2. The molecule has 1 saturated carbocycles. The number of benzene rings is 2. The summed E-state index contributed by atoms with van der Waals surface area (Å²) in [4.78, 5) is 20.7. The van der Waals surface area contributed by atoms with Gasteiger partial charge in [-0.25, -0.2) is 4.39 Å². The number of aromatic nitrogens is 2. The number of ketones is 1. The fourth-order valence-electron chi connectivity index (χ4n) is 3.87. The summed E-state index contributed by atoms with van der Waals surface area (Å²) in [6.07, 6.45) is 3.56. The summed E-state index contributed by atoms with van der Waals surface area (Å²) in [5, 5.41) is 1.80. The Morgan fingerprint density at radius 3 is 2.63 bits per heavy atom. The fourth-order valence-corrected chi connectivity index (χ4v) is 3.87. The van der Waals surface area contributed by atoms with Gasteiger partial charge in [0.2, 0.25) is 0 Å². The number of hydrogen-bond donors (Lipinski definition) is 1. The molecule has 2 aromatic carbocycles. The molecule has 0 bridgehead atoms. The van der Waals surface area contributed by atoms with Crippen LogP contribution in [0.25, 0.3) is 21.8 Å². The van der Waals surface area contributed by atoms with Crippen molar-refractivity contribution in [2.75, 3.05) is 7.11 Å². The first kappa shape index (κ1) is 18.8. The maximum absolute atomic E-state index is 13.2. The number of methoxy groups -OCH3 is 1. The normalized spacial score (nSPS) is 13.8. The Morgan fingerprint density at radius 1 is 1.10 bits per heavy atom. The second-order valence-corrected chi connectivity index (χ2v) is 7.66. The molecule has 0 amide bonds. The maximum Gasteiger partial charge on any atom is 0.184 e. The molecular formula is C24H21FN2O3. The van der Waals surface area contributed by atoms with Crippen LogP contribution in [0.1, 0.15) is 34.5 Å². The molecule has 4 aromatic rings. The van der Waals surface area contributed by atoms with Gasteiger partial charge in [-0.3, -0.25) is 9.78 Å². The minimum atomic E-state index is -0.276. The van der Waals surface area contributed by atoms with Crippen LogP contribution in [0.3, 0.4) is 0 Å². The lowest BCUT2D eigenvalue weighted by Crippen LogP contribution is -2.10. The predicted molar refractivity (Wildman–Crippen MR) is 112 cm³/mol. The third-order valence-corrected chi connectivity index (χ3v) is 5.50. The monoisotopic (exact) mass is 404 g/mol. The highest BCUT2D eigenvalue weighted by Gasteiger charge is 2.33. The van der Waals surface area contributed by atoms with Crippen molar-refractivity contribution < 1.29 is 18.7 Å². The molecule has 5 nitrogen and oxygen atoms in total. The molecule has 1 aliphatic carbocycles. The topological polar surface area (TPSA) is 64.2 Å². The molecule has 0 spiro atoms. The van der Waals surface area contributed by atoms with Gasteiger partial charge in [-0.1, -0.05) is 18.2 Å². The molecule has 6 heteroatoms. The summed E-state index contributed by atoms with van der Waals surface area (Å²) >= 11 is 0. The number of H-pyrrole nitrogens is 1. The molecule has 2 heterocycles. The number of nitrogens with one attached hydrogen (secondary N) is 1. The van der Waals surface area contributed by atoms with Crippen molar-refractivity contribution in [1.29, 1.82) is 0 Å². The molecule has 1 N–H and O–H groups in total. The summed E-state index contributed by atoms with van der Waals surface area (Å²) < 4.78 is 24.7. The van der Waals surface area contributed by atoms with Gasteiger partial charge in [0.15, 0.2) is 5.78 Å². The van der Waals surface area contributed by atoms with E-state index in [9.17, 15) is 9.18 Å². The van der Waals surface area contributed by atoms with Gasteiger partial charge in [-0.05, 0) is 42.7 Å². The number of pyridine rings is 1. The van der Waals surface area contributed by atoms with Gasteiger partial charge >= 0.3 is 0 Å². The van der Waals surface area contributed by atoms with Crippen LogP contribution < -0.4 is 4.74 Å². The van der Waals surface area contributed by atoms with Gasteiger partial charge in [0.1, 0.15) is 23.9 Å². The first-order chi connectivity index (χ1) is 14.7. The van der Waals surface area contributed by atoms with E-state index in [1.807, 2.05) is 18.2 Å². The Hall–Kier alpha value is -3.25. The van der Waals surface area contributed by atoms with Crippen molar-refractivity contribution in [3.8, 4) is 5.75 Å². The third kappa shape index (κ3) is 3.33. The molecule has 0 aliphatic heterocycles. The van der Waals surface area contributed by atoms with Crippen LogP contribution in [-0.4, -0.2) is 22.9 Å². The highest BCUT2D eigenvalue weighted by Crippen LogP contribution is 2.39. The van der Waals surface area contributed by atoms with Gasteiger partial charge in [0.05, 0.1) is 23.8 Å². The number of carbonyl (C=O) groups is 1. The molecule has 5 rings (SSSR count). The zero-order chi connectivity index (χ0) is 20.7. The smallest absolute Gasteiger partial charge is 0.184 e. The van der Waals surface area contributed by atoms with E-state index in [0.29, 0.717) is 18.1 Å². The SMILES string of the molecule is COCc1c(C(=O)C2CC2)ncc2[nH]c3cccc(OCc4ccc(F)cc4)c3c12. The van der Waals surface area contributed by atoms with Crippen molar-refractivity contribution in [3.05, 3.63) is 71.3 Å². The Kier molecular flexibility index (Phi) is 4.71. The Morgan fingerprint density at radius 2 is 1.90 bits per heavy atom. The summed E-state index contributed by atoms with van der Waals surface area (Å²) in [6.45, 7) is 0.599. The van der Waals surface area contributed by atoms with Gasteiger partial charge in [0.25, 0.3) is 0 Å². The second kappa shape index (κ2) is 7.54. The summed E-state index contributed by atoms with van der Waals surface area (Å²) in [5.74, 6) is 0.575. The molecule has 0 saturated heterocycles. The number of carbonyl (C=O) groups excluding carboxylic acids is 1. The predicted octanol–water partition coefficient (Wildman–Crippen LogP) is 5.17. The molecule has 152 valence electrons. The van der Waals surface area contributed by atoms with E-state index in [2.05, 4.69) is 9.97 Å².